The number of carbonyl (C=O) groups is 2. The lowest BCUT2D eigenvalue weighted by Gasteiger charge is -2.37. The number of hydrogen-bond acceptors (Lipinski definition) is 4. The van der Waals surface area contributed by atoms with Crippen molar-refractivity contribution in [3.63, 3.8) is 0 Å². The normalized spacial score (nSPS) is 24.2. The minimum atomic E-state index is -0.214. The van der Waals surface area contributed by atoms with Gasteiger partial charge in [-0.25, -0.2) is 0 Å². The molecule has 8 heteroatoms. The molecule has 8 nitrogen and oxygen atoms in total. The summed E-state index contributed by atoms with van der Waals surface area (Å²) in [5, 5.41) is 20.9. The molecule has 1 fully saturated rings. The molecule has 172 valence electrons. The highest BCUT2D eigenvalue weighted by molar-refractivity contribution is 5.80. The molecule has 0 bridgehead atoms. The molecule has 2 heterocycles. The fourth-order valence-electron chi connectivity index (χ4n) is 6.02. The molecule has 2 atom stereocenters. The van der Waals surface area contributed by atoms with Crippen LogP contribution in [0.5, 0.6) is 0 Å². The quantitative estimate of drug-likeness (QED) is 0.555. The van der Waals surface area contributed by atoms with E-state index in [1.165, 1.54) is 17.5 Å². The van der Waals surface area contributed by atoms with Gasteiger partial charge in [0.15, 0.2) is 0 Å². The van der Waals surface area contributed by atoms with Gasteiger partial charge in [0, 0.05) is 49.2 Å². The fourth-order valence-corrected chi connectivity index (χ4v) is 6.02. The molecule has 1 saturated carbocycles. The van der Waals surface area contributed by atoms with Crippen molar-refractivity contribution in [1.82, 2.24) is 31.0 Å². The molecule has 32 heavy (non-hydrogen) atoms. The van der Waals surface area contributed by atoms with E-state index in [2.05, 4.69) is 31.0 Å². The van der Waals surface area contributed by atoms with Crippen molar-refractivity contribution in [2.75, 3.05) is 0 Å². The van der Waals surface area contributed by atoms with E-state index < -0.39 is 0 Å². The first kappa shape index (κ1) is 21.2. The van der Waals surface area contributed by atoms with Crippen LogP contribution in [0, 0.1) is 5.41 Å². The molecule has 0 aliphatic heterocycles. The molecule has 2 unspecified atom stereocenters. The van der Waals surface area contributed by atoms with Gasteiger partial charge in [0.1, 0.15) is 0 Å². The van der Waals surface area contributed by atoms with Gasteiger partial charge in [0.05, 0.1) is 12.4 Å². The number of amides is 2. The number of aromatic nitrogens is 4. The van der Waals surface area contributed by atoms with Gasteiger partial charge in [0.2, 0.25) is 11.8 Å². The summed E-state index contributed by atoms with van der Waals surface area (Å²) in [6.07, 6.45) is 15.4. The fraction of sp³-hybridized carbons (Fsp3) is 0.667. The van der Waals surface area contributed by atoms with Gasteiger partial charge in [-0.1, -0.05) is 19.3 Å². The maximum Gasteiger partial charge on any atom is 0.220 e. The van der Waals surface area contributed by atoms with Crippen LogP contribution in [0.2, 0.25) is 0 Å². The summed E-state index contributed by atoms with van der Waals surface area (Å²) in [5.74, 6) is 0.180. The Labute approximate surface area is 188 Å². The molecular formula is C24H34N6O2. The SMILES string of the molecule is O=C(CC1(CC(=O)NC2CCc3cn[nH]c3C2)CCCCC1)NC1CCc2cn[nH]c2C1. The summed E-state index contributed by atoms with van der Waals surface area (Å²) in [6.45, 7) is 0. The number of aromatic amines is 2. The zero-order chi connectivity index (χ0) is 22.0. The van der Waals surface area contributed by atoms with E-state index in [9.17, 15) is 9.59 Å². The van der Waals surface area contributed by atoms with Crippen molar-refractivity contribution in [2.45, 2.75) is 95.6 Å². The lowest BCUT2D eigenvalue weighted by atomic mass is 9.69. The first-order valence-corrected chi connectivity index (χ1v) is 12.2. The molecule has 0 radical (unpaired) electrons. The molecule has 0 spiro atoms. The molecule has 0 aromatic carbocycles. The molecule has 5 rings (SSSR count). The molecule has 2 aromatic rings. The lowest BCUT2D eigenvalue weighted by molar-refractivity contribution is -0.128. The average Bonchev–Trinajstić information content (AvgIpc) is 3.42. The van der Waals surface area contributed by atoms with Gasteiger partial charge >= 0.3 is 0 Å². The highest BCUT2D eigenvalue weighted by atomic mass is 16.2. The van der Waals surface area contributed by atoms with E-state index >= 15 is 0 Å². The van der Waals surface area contributed by atoms with Gasteiger partial charge < -0.3 is 10.6 Å². The van der Waals surface area contributed by atoms with Crippen molar-refractivity contribution >= 4 is 11.8 Å². The van der Waals surface area contributed by atoms with Crippen molar-refractivity contribution in [2.24, 2.45) is 5.41 Å². The largest absolute Gasteiger partial charge is 0.353 e. The summed E-state index contributed by atoms with van der Waals surface area (Å²) in [5.41, 5.74) is 4.60. The van der Waals surface area contributed by atoms with Crippen LogP contribution >= 0.6 is 0 Å². The Kier molecular flexibility index (Phi) is 6.02. The van der Waals surface area contributed by atoms with E-state index in [4.69, 9.17) is 0 Å². The van der Waals surface area contributed by atoms with Crippen molar-refractivity contribution in [1.29, 1.82) is 0 Å². The zero-order valence-electron chi connectivity index (χ0n) is 18.7. The first-order chi connectivity index (χ1) is 15.6. The third-order valence-electron chi connectivity index (χ3n) is 7.76. The molecule has 3 aliphatic carbocycles. The minimum Gasteiger partial charge on any atom is -0.353 e. The summed E-state index contributed by atoms with van der Waals surface area (Å²) in [6, 6.07) is 0.298. The van der Waals surface area contributed by atoms with Crippen LogP contribution in [-0.4, -0.2) is 44.3 Å². The minimum absolute atomic E-state index is 0.0902. The van der Waals surface area contributed by atoms with Crippen LogP contribution in [-0.2, 0) is 35.3 Å². The highest BCUT2D eigenvalue weighted by Crippen LogP contribution is 2.42. The third kappa shape index (κ3) is 4.74. The first-order valence-electron chi connectivity index (χ1n) is 12.2. The second-order valence-corrected chi connectivity index (χ2v) is 10.2. The predicted molar refractivity (Wildman–Crippen MR) is 120 cm³/mol. The number of hydrogen-bond donors (Lipinski definition) is 4. The topological polar surface area (TPSA) is 116 Å². The molecule has 4 N–H and O–H groups in total. The van der Waals surface area contributed by atoms with Crippen LogP contribution in [0.4, 0.5) is 0 Å². The van der Waals surface area contributed by atoms with Gasteiger partial charge in [-0.15, -0.1) is 0 Å². The van der Waals surface area contributed by atoms with Crippen LogP contribution in [0.3, 0.4) is 0 Å². The monoisotopic (exact) mass is 438 g/mol. The van der Waals surface area contributed by atoms with Gasteiger partial charge in [0.25, 0.3) is 0 Å². The van der Waals surface area contributed by atoms with E-state index in [0.717, 1.165) is 75.6 Å². The van der Waals surface area contributed by atoms with Crippen LogP contribution in [0.1, 0.15) is 80.3 Å². The molecule has 0 saturated heterocycles. The number of fused-ring (bicyclic) bond motifs is 2. The Bertz CT molecular complexity index is 887. The Hall–Kier alpha value is -2.64. The number of nitrogens with zero attached hydrogens (tertiary/aromatic N) is 2. The highest BCUT2D eigenvalue weighted by Gasteiger charge is 2.37. The molecular weight excluding hydrogens is 404 g/mol. The van der Waals surface area contributed by atoms with Gasteiger partial charge in [-0.2, -0.15) is 10.2 Å². The van der Waals surface area contributed by atoms with E-state index in [-0.39, 0.29) is 29.3 Å². The van der Waals surface area contributed by atoms with Crippen molar-refractivity contribution < 1.29 is 9.59 Å². The standard InChI is InChI=1S/C24H34N6O2/c31-22(27-18-6-4-16-14-25-29-20(16)10-18)12-24(8-2-1-3-9-24)13-23(32)28-19-7-5-17-15-26-30-21(17)11-19/h14-15,18-19H,1-13H2,(H,25,29)(H,26,30)(H,27,31)(H,28,32). The average molecular weight is 439 g/mol. The number of aryl methyl sites for hydroxylation is 2. The number of carbonyl (C=O) groups excluding carboxylic acids is 2. The van der Waals surface area contributed by atoms with Gasteiger partial charge in [-0.3, -0.25) is 19.8 Å². The van der Waals surface area contributed by atoms with Crippen molar-refractivity contribution in [3.8, 4) is 0 Å². The van der Waals surface area contributed by atoms with Gasteiger partial charge in [-0.05, 0) is 55.1 Å². The summed E-state index contributed by atoms with van der Waals surface area (Å²) >= 11 is 0. The van der Waals surface area contributed by atoms with E-state index in [1.54, 1.807) is 0 Å². The second-order valence-electron chi connectivity index (χ2n) is 10.2. The predicted octanol–water partition coefficient (Wildman–Crippen LogP) is 2.51. The number of H-pyrrole nitrogens is 2. The molecule has 2 aromatic heterocycles. The maximum atomic E-state index is 13.0. The lowest BCUT2D eigenvalue weighted by Crippen LogP contribution is -2.44. The summed E-state index contributed by atoms with van der Waals surface area (Å²) in [7, 11) is 0. The Balaban J connectivity index is 1.17. The zero-order valence-corrected chi connectivity index (χ0v) is 18.7. The van der Waals surface area contributed by atoms with Crippen LogP contribution in [0.15, 0.2) is 12.4 Å². The van der Waals surface area contributed by atoms with Crippen molar-refractivity contribution in [3.05, 3.63) is 34.9 Å². The van der Waals surface area contributed by atoms with E-state index in [1.807, 2.05) is 12.4 Å². The smallest absolute Gasteiger partial charge is 0.220 e. The Morgan fingerprint density at radius 2 is 1.34 bits per heavy atom. The second kappa shape index (κ2) is 9.08. The summed E-state index contributed by atoms with van der Waals surface area (Å²) < 4.78 is 0. The Morgan fingerprint density at radius 1 is 0.844 bits per heavy atom. The summed E-state index contributed by atoms with van der Waals surface area (Å²) in [4.78, 5) is 26.1. The molecule has 2 amide bonds. The molecule has 3 aliphatic rings. The van der Waals surface area contributed by atoms with Crippen LogP contribution in [0.25, 0.3) is 0 Å². The van der Waals surface area contributed by atoms with Crippen LogP contribution < -0.4 is 10.6 Å². The van der Waals surface area contributed by atoms with E-state index in [0.29, 0.717) is 12.8 Å². The Morgan fingerprint density at radius 3 is 1.84 bits per heavy atom. The third-order valence-corrected chi connectivity index (χ3v) is 7.76. The maximum absolute atomic E-state index is 13.0. The number of rotatable bonds is 6. The number of nitrogens with one attached hydrogen (secondary N) is 4.